The van der Waals surface area contributed by atoms with Gasteiger partial charge in [-0.2, -0.15) is 4.31 Å². The van der Waals surface area contributed by atoms with E-state index in [0.29, 0.717) is 17.9 Å². The summed E-state index contributed by atoms with van der Waals surface area (Å²) in [6.07, 6.45) is 0.363. The molecule has 1 N–H and O–H groups in total. The first kappa shape index (κ1) is 18.8. The lowest BCUT2D eigenvalue weighted by atomic mass is 9.95. The largest absolute Gasteiger partial charge is 0.454 e. The van der Waals surface area contributed by atoms with Gasteiger partial charge in [0.1, 0.15) is 6.04 Å². The van der Waals surface area contributed by atoms with Crippen LogP contribution in [0.2, 0.25) is 0 Å². The highest BCUT2D eigenvalue weighted by Crippen LogP contribution is 2.32. The number of hydrogen-bond acceptors (Lipinski definition) is 5. The Morgan fingerprint density at radius 1 is 1.14 bits per heavy atom. The van der Waals surface area contributed by atoms with Gasteiger partial charge in [0, 0.05) is 13.1 Å². The Morgan fingerprint density at radius 2 is 1.89 bits per heavy atom. The third kappa shape index (κ3) is 3.57. The molecular weight excluding hydrogens is 380 g/mol. The van der Waals surface area contributed by atoms with Crippen molar-refractivity contribution >= 4 is 15.9 Å². The predicted molar refractivity (Wildman–Crippen MR) is 103 cm³/mol. The van der Waals surface area contributed by atoms with Crippen LogP contribution in [0.3, 0.4) is 0 Å². The standard InChI is InChI=1S/C20H22N2O5S/c1-2-28(24,25)22-12-16-6-4-3-5-15(16)10-17(22)20(23)21-11-14-7-8-18-19(9-14)27-13-26-18/h3-9,17H,2,10-13H2,1H3,(H,21,23)/t17-/m0/s1. The lowest BCUT2D eigenvalue weighted by Crippen LogP contribution is -2.52. The zero-order chi connectivity index (χ0) is 19.7. The lowest BCUT2D eigenvalue weighted by Gasteiger charge is -2.34. The molecule has 0 saturated carbocycles. The summed E-state index contributed by atoms with van der Waals surface area (Å²) in [5.41, 5.74) is 2.81. The molecule has 28 heavy (non-hydrogen) atoms. The number of nitrogens with one attached hydrogen (secondary N) is 1. The van der Waals surface area contributed by atoms with Gasteiger partial charge in [0.15, 0.2) is 11.5 Å². The third-order valence-corrected chi connectivity index (χ3v) is 6.96. The van der Waals surface area contributed by atoms with Gasteiger partial charge in [-0.3, -0.25) is 4.79 Å². The van der Waals surface area contributed by atoms with Gasteiger partial charge in [0.05, 0.1) is 5.75 Å². The molecule has 2 aliphatic heterocycles. The van der Waals surface area contributed by atoms with Crippen LogP contribution in [0.5, 0.6) is 11.5 Å². The van der Waals surface area contributed by atoms with Crippen LogP contribution in [-0.4, -0.2) is 37.2 Å². The number of sulfonamides is 1. The molecule has 0 bridgehead atoms. The molecule has 7 nitrogen and oxygen atoms in total. The summed E-state index contributed by atoms with van der Waals surface area (Å²) < 4.78 is 37.2. The van der Waals surface area contributed by atoms with Gasteiger partial charge in [0.25, 0.3) is 0 Å². The average Bonchev–Trinajstić information content (AvgIpc) is 3.19. The summed E-state index contributed by atoms with van der Waals surface area (Å²) in [7, 11) is -3.51. The number of fused-ring (bicyclic) bond motifs is 2. The quantitative estimate of drug-likeness (QED) is 0.825. The molecule has 0 spiro atoms. The second kappa shape index (κ2) is 7.44. The maximum atomic E-state index is 12.9. The summed E-state index contributed by atoms with van der Waals surface area (Å²) in [4.78, 5) is 12.9. The van der Waals surface area contributed by atoms with Gasteiger partial charge >= 0.3 is 0 Å². The van der Waals surface area contributed by atoms with Crippen molar-refractivity contribution in [3.8, 4) is 11.5 Å². The van der Waals surface area contributed by atoms with Crippen LogP contribution in [0.15, 0.2) is 42.5 Å². The predicted octanol–water partition coefficient (Wildman–Crippen LogP) is 1.81. The van der Waals surface area contributed by atoms with E-state index in [1.54, 1.807) is 13.0 Å². The third-order valence-electron chi connectivity index (χ3n) is 5.13. The molecule has 1 amide bonds. The van der Waals surface area contributed by atoms with E-state index in [9.17, 15) is 13.2 Å². The van der Waals surface area contributed by atoms with Crippen LogP contribution in [-0.2, 0) is 34.3 Å². The summed E-state index contributed by atoms with van der Waals surface area (Å²) in [5, 5.41) is 2.88. The van der Waals surface area contributed by atoms with E-state index in [0.717, 1.165) is 16.7 Å². The van der Waals surface area contributed by atoms with E-state index in [-0.39, 0.29) is 31.5 Å². The van der Waals surface area contributed by atoms with E-state index >= 15 is 0 Å². The van der Waals surface area contributed by atoms with Gasteiger partial charge in [-0.25, -0.2) is 8.42 Å². The second-order valence-electron chi connectivity index (χ2n) is 6.84. The molecule has 0 fully saturated rings. The average molecular weight is 402 g/mol. The maximum absolute atomic E-state index is 12.9. The van der Waals surface area contributed by atoms with Crippen molar-refractivity contribution in [1.82, 2.24) is 9.62 Å². The van der Waals surface area contributed by atoms with Gasteiger partial charge in [-0.1, -0.05) is 30.3 Å². The first-order valence-corrected chi connectivity index (χ1v) is 10.8. The molecule has 0 unspecified atom stereocenters. The Hall–Kier alpha value is -2.58. The van der Waals surface area contributed by atoms with Crippen molar-refractivity contribution in [2.75, 3.05) is 12.5 Å². The second-order valence-corrected chi connectivity index (χ2v) is 9.05. The van der Waals surface area contributed by atoms with Crippen molar-refractivity contribution < 1.29 is 22.7 Å². The number of amides is 1. The van der Waals surface area contributed by atoms with Crippen molar-refractivity contribution in [1.29, 1.82) is 0 Å². The van der Waals surface area contributed by atoms with Crippen molar-refractivity contribution in [3.05, 3.63) is 59.2 Å². The molecule has 2 heterocycles. The molecular formula is C20H22N2O5S. The molecule has 2 aliphatic rings. The Morgan fingerprint density at radius 3 is 2.68 bits per heavy atom. The van der Waals surface area contributed by atoms with Crippen molar-refractivity contribution in [2.45, 2.75) is 32.5 Å². The van der Waals surface area contributed by atoms with Crippen molar-refractivity contribution in [3.63, 3.8) is 0 Å². The number of carbonyl (C=O) groups excluding carboxylic acids is 1. The fraction of sp³-hybridized carbons (Fsp3) is 0.350. The van der Waals surface area contributed by atoms with Crippen LogP contribution in [0.4, 0.5) is 0 Å². The van der Waals surface area contributed by atoms with E-state index in [1.165, 1.54) is 4.31 Å². The van der Waals surface area contributed by atoms with Gasteiger partial charge in [0.2, 0.25) is 22.7 Å². The number of hydrogen-bond donors (Lipinski definition) is 1. The van der Waals surface area contributed by atoms with Gasteiger partial charge in [-0.05, 0) is 42.2 Å². The molecule has 0 radical (unpaired) electrons. The van der Waals surface area contributed by atoms with Crippen molar-refractivity contribution in [2.24, 2.45) is 0 Å². The highest BCUT2D eigenvalue weighted by atomic mass is 32.2. The minimum atomic E-state index is -3.51. The number of rotatable bonds is 5. The Labute approximate surface area is 164 Å². The normalized spacial score (nSPS) is 18.5. The smallest absolute Gasteiger partial charge is 0.239 e. The Kier molecular flexibility index (Phi) is 4.99. The van der Waals surface area contributed by atoms with E-state index in [4.69, 9.17) is 9.47 Å². The number of ether oxygens (including phenoxy) is 2. The van der Waals surface area contributed by atoms with Crippen LogP contribution in [0.1, 0.15) is 23.6 Å². The SMILES string of the molecule is CCS(=O)(=O)N1Cc2ccccc2C[C@H]1C(=O)NCc1ccc2c(c1)OCO2. The molecule has 0 saturated heterocycles. The van der Waals surface area contributed by atoms with Crippen LogP contribution < -0.4 is 14.8 Å². The molecule has 1 atom stereocenters. The van der Waals surface area contributed by atoms with Crippen LogP contribution in [0, 0.1) is 0 Å². The summed E-state index contributed by atoms with van der Waals surface area (Å²) in [5.74, 6) is 0.984. The highest BCUT2D eigenvalue weighted by Gasteiger charge is 2.37. The molecule has 4 rings (SSSR count). The number of carbonyl (C=O) groups is 1. The molecule has 0 aliphatic carbocycles. The summed E-state index contributed by atoms with van der Waals surface area (Å²) in [6.45, 7) is 2.29. The van der Waals surface area contributed by atoms with Gasteiger partial charge in [-0.15, -0.1) is 0 Å². The van der Waals surface area contributed by atoms with E-state index < -0.39 is 16.1 Å². The Bertz CT molecular complexity index is 1010. The first-order chi connectivity index (χ1) is 13.5. The highest BCUT2D eigenvalue weighted by molar-refractivity contribution is 7.89. The lowest BCUT2D eigenvalue weighted by molar-refractivity contribution is -0.125. The molecule has 2 aromatic carbocycles. The van der Waals surface area contributed by atoms with E-state index in [1.807, 2.05) is 36.4 Å². The zero-order valence-corrected chi connectivity index (χ0v) is 16.4. The number of benzene rings is 2. The molecule has 2 aromatic rings. The van der Waals surface area contributed by atoms with Gasteiger partial charge < -0.3 is 14.8 Å². The van der Waals surface area contributed by atoms with E-state index in [2.05, 4.69) is 5.32 Å². The topological polar surface area (TPSA) is 84.9 Å². The summed E-state index contributed by atoms with van der Waals surface area (Å²) >= 11 is 0. The fourth-order valence-corrected chi connectivity index (χ4v) is 4.76. The first-order valence-electron chi connectivity index (χ1n) is 9.20. The van der Waals surface area contributed by atoms with Crippen LogP contribution in [0.25, 0.3) is 0 Å². The zero-order valence-electron chi connectivity index (χ0n) is 15.6. The Balaban J connectivity index is 1.52. The monoisotopic (exact) mass is 402 g/mol. The number of nitrogens with zero attached hydrogens (tertiary/aromatic N) is 1. The fourth-order valence-electron chi connectivity index (χ4n) is 3.54. The molecule has 0 aromatic heterocycles. The molecule has 148 valence electrons. The summed E-state index contributed by atoms with van der Waals surface area (Å²) in [6, 6.07) is 12.4. The van der Waals surface area contributed by atoms with Crippen LogP contribution >= 0.6 is 0 Å². The minimum Gasteiger partial charge on any atom is -0.454 e. The minimum absolute atomic E-state index is 0.0406. The molecule has 8 heteroatoms. The maximum Gasteiger partial charge on any atom is 0.239 e.